The monoisotopic (exact) mass is 540 g/mol. The number of carbonyl (C=O) groups excluding carboxylic acids is 1. The highest BCUT2D eigenvalue weighted by Gasteiger charge is 2.51. The van der Waals surface area contributed by atoms with Crippen molar-refractivity contribution in [2.45, 2.75) is 0 Å². The Morgan fingerprint density at radius 2 is 0.967 bits per heavy atom. The lowest BCUT2D eigenvalue weighted by Gasteiger charge is -2.25. The van der Waals surface area contributed by atoms with E-state index in [9.17, 15) is 4.79 Å². The Labute approximate surface area is 196 Å². The summed E-state index contributed by atoms with van der Waals surface area (Å²) < 4.78 is 7.40. The van der Waals surface area contributed by atoms with Crippen LogP contribution in [0.3, 0.4) is 0 Å². The Bertz CT molecular complexity index is 990. The molecule has 0 aliphatic heterocycles. The normalized spacial score (nSPS) is 10.7. The van der Waals surface area contributed by atoms with E-state index in [1.165, 1.54) is 0 Å². The van der Waals surface area contributed by atoms with Crippen LogP contribution in [0.1, 0.15) is 10.4 Å². The maximum Gasteiger partial charge on any atom is 0.382 e. The lowest BCUT2D eigenvalue weighted by molar-refractivity contribution is -0.0000185. The van der Waals surface area contributed by atoms with Gasteiger partial charge in [0, 0.05) is 4.47 Å². The van der Waals surface area contributed by atoms with Gasteiger partial charge in [-0.3, -0.25) is 4.52 Å². The Kier molecular flexibility index (Phi) is 7.60. The molecule has 0 amide bonds. The quantitative estimate of drug-likeness (QED) is 0.363. The van der Waals surface area contributed by atoms with E-state index in [4.69, 9.17) is 4.52 Å². The van der Waals surface area contributed by atoms with E-state index >= 15 is 0 Å². The highest BCUT2D eigenvalue weighted by Crippen LogP contribution is 2.56. The summed E-state index contributed by atoms with van der Waals surface area (Å²) in [6.07, 6.45) is 0. The molecule has 0 N–H and O–H groups in total. The van der Waals surface area contributed by atoms with Crippen LogP contribution in [0.15, 0.2) is 120 Å². The third kappa shape index (κ3) is 4.57. The highest BCUT2D eigenvalue weighted by molar-refractivity contribution is 9.10. The molecule has 4 aromatic rings. The zero-order valence-corrected chi connectivity index (χ0v) is 20.1. The van der Waals surface area contributed by atoms with Crippen molar-refractivity contribution in [3.05, 3.63) is 125 Å². The van der Waals surface area contributed by atoms with Gasteiger partial charge in [0.25, 0.3) is 7.49 Å². The molecule has 2 nitrogen and oxygen atoms in total. The molecular weight excluding hydrogens is 523 g/mol. The summed E-state index contributed by atoms with van der Waals surface area (Å²) >= 11 is 3.42. The predicted molar refractivity (Wildman–Crippen MR) is 125 cm³/mol. The third-order valence-corrected chi connectivity index (χ3v) is 8.70. The van der Waals surface area contributed by atoms with Gasteiger partial charge in [0.05, 0.1) is 5.56 Å². The second-order valence-corrected chi connectivity index (χ2v) is 10.4. The summed E-state index contributed by atoms with van der Waals surface area (Å²) in [6, 6.07) is 37.4. The Morgan fingerprint density at radius 1 is 0.600 bits per heavy atom. The van der Waals surface area contributed by atoms with E-state index in [2.05, 4.69) is 15.9 Å². The van der Waals surface area contributed by atoms with Gasteiger partial charge in [-0.15, -0.1) is 0 Å². The van der Waals surface area contributed by atoms with Gasteiger partial charge in [-0.1, -0.05) is 70.5 Å². The largest absolute Gasteiger partial charge is 1.00 e. The summed E-state index contributed by atoms with van der Waals surface area (Å²) in [4.78, 5) is 13.3. The van der Waals surface area contributed by atoms with Crippen LogP contribution < -0.4 is 32.9 Å². The minimum Gasteiger partial charge on any atom is -1.00 e. The number of benzene rings is 4. The van der Waals surface area contributed by atoms with E-state index < -0.39 is 7.49 Å². The standard InChI is InChI=1S/C25H19BrO2P.BrH/c26-21-18-16-20(17-19-21)25(27)28-29(22-10-4-1-5-11-22,23-12-6-2-7-13-23)24-14-8-3-9-15-24;/h1-19H;1H/q+1;/p-1. The molecule has 0 aliphatic carbocycles. The fourth-order valence-electron chi connectivity index (χ4n) is 3.28. The average molecular weight is 542 g/mol. The molecule has 4 aromatic carbocycles. The van der Waals surface area contributed by atoms with Crippen molar-refractivity contribution >= 4 is 45.3 Å². The molecule has 30 heavy (non-hydrogen) atoms. The number of hydrogen-bond acceptors (Lipinski definition) is 2. The Balaban J connectivity index is 0.00000256. The number of rotatable bonds is 5. The SMILES string of the molecule is O=C(O[P+](c1ccccc1)(c1ccccc1)c1ccccc1)c1ccc(Br)cc1.[Br-]. The van der Waals surface area contributed by atoms with Gasteiger partial charge < -0.3 is 17.0 Å². The lowest BCUT2D eigenvalue weighted by Crippen LogP contribution is -3.00. The summed E-state index contributed by atoms with van der Waals surface area (Å²) in [5, 5.41) is 3.01. The van der Waals surface area contributed by atoms with Crippen molar-refractivity contribution in [3.8, 4) is 0 Å². The summed E-state index contributed by atoms with van der Waals surface area (Å²) in [5.74, 6) is -0.331. The molecule has 0 aromatic heterocycles. The van der Waals surface area contributed by atoms with E-state index in [0.717, 1.165) is 20.4 Å². The first-order valence-corrected chi connectivity index (χ1v) is 11.8. The molecule has 0 spiro atoms. The second kappa shape index (κ2) is 10.2. The molecule has 4 rings (SSSR count). The molecule has 0 saturated carbocycles. The molecule has 0 fully saturated rings. The first-order chi connectivity index (χ1) is 14.2. The molecule has 0 bridgehead atoms. The summed E-state index contributed by atoms with van der Waals surface area (Å²) in [7, 11) is -2.65. The lowest BCUT2D eigenvalue weighted by atomic mass is 10.2. The van der Waals surface area contributed by atoms with Gasteiger partial charge in [0.2, 0.25) is 0 Å². The van der Waals surface area contributed by atoms with Crippen molar-refractivity contribution in [2.24, 2.45) is 0 Å². The van der Waals surface area contributed by atoms with Crippen molar-refractivity contribution in [2.75, 3.05) is 0 Å². The second-order valence-electron chi connectivity index (χ2n) is 6.50. The van der Waals surface area contributed by atoms with Gasteiger partial charge in [-0.2, -0.15) is 0 Å². The maximum absolute atomic E-state index is 13.3. The zero-order valence-electron chi connectivity index (χ0n) is 16.0. The van der Waals surface area contributed by atoms with E-state index in [1.807, 2.05) is 103 Å². The minimum atomic E-state index is -2.65. The fourth-order valence-corrected chi connectivity index (χ4v) is 6.89. The van der Waals surface area contributed by atoms with Crippen LogP contribution in [-0.2, 0) is 4.52 Å². The van der Waals surface area contributed by atoms with Crippen LogP contribution in [0.2, 0.25) is 0 Å². The van der Waals surface area contributed by atoms with E-state index in [1.54, 1.807) is 12.1 Å². The van der Waals surface area contributed by atoms with Crippen LogP contribution >= 0.6 is 23.4 Å². The molecular formula is C25H19Br2O2P. The van der Waals surface area contributed by atoms with Crippen LogP contribution in [0.4, 0.5) is 0 Å². The molecule has 0 radical (unpaired) electrons. The Morgan fingerprint density at radius 3 is 1.33 bits per heavy atom. The summed E-state index contributed by atoms with van der Waals surface area (Å²) in [5.41, 5.74) is 0.528. The fraction of sp³-hybridized carbons (Fsp3) is 0. The Hall–Kier alpha value is -2.26. The zero-order chi connectivity index (χ0) is 20.1. The van der Waals surface area contributed by atoms with Crippen LogP contribution in [0.25, 0.3) is 0 Å². The maximum atomic E-state index is 13.3. The van der Waals surface area contributed by atoms with Crippen LogP contribution in [-0.4, -0.2) is 5.97 Å². The first-order valence-electron chi connectivity index (χ1n) is 9.25. The number of halogens is 2. The molecule has 0 unspecified atom stereocenters. The topological polar surface area (TPSA) is 26.3 Å². The van der Waals surface area contributed by atoms with Crippen molar-refractivity contribution < 1.29 is 26.3 Å². The van der Waals surface area contributed by atoms with Gasteiger partial charge in [0.15, 0.2) is 0 Å². The summed E-state index contributed by atoms with van der Waals surface area (Å²) in [6.45, 7) is 0. The average Bonchev–Trinajstić information content (AvgIpc) is 2.79. The molecule has 5 heteroatoms. The van der Waals surface area contributed by atoms with E-state index in [0.29, 0.717) is 5.56 Å². The molecule has 0 atom stereocenters. The molecule has 0 saturated heterocycles. The van der Waals surface area contributed by atoms with Crippen LogP contribution in [0.5, 0.6) is 0 Å². The molecule has 0 heterocycles. The first kappa shape index (κ1) is 22.4. The van der Waals surface area contributed by atoms with Gasteiger partial charge >= 0.3 is 5.97 Å². The van der Waals surface area contributed by atoms with Crippen molar-refractivity contribution in [3.63, 3.8) is 0 Å². The van der Waals surface area contributed by atoms with Crippen molar-refractivity contribution in [1.82, 2.24) is 0 Å². The van der Waals surface area contributed by atoms with Gasteiger partial charge in [-0.05, 0) is 60.7 Å². The van der Waals surface area contributed by atoms with Crippen molar-refractivity contribution in [1.29, 1.82) is 0 Å². The minimum absolute atomic E-state index is 0. The third-order valence-electron chi connectivity index (χ3n) is 4.66. The van der Waals surface area contributed by atoms with Crippen LogP contribution in [0, 0.1) is 0 Å². The van der Waals surface area contributed by atoms with Gasteiger partial charge in [0.1, 0.15) is 15.9 Å². The number of carbonyl (C=O) groups is 1. The highest BCUT2D eigenvalue weighted by atomic mass is 79.9. The molecule has 150 valence electrons. The molecule has 0 aliphatic rings. The van der Waals surface area contributed by atoms with Gasteiger partial charge in [-0.25, -0.2) is 4.79 Å². The smallest absolute Gasteiger partial charge is 0.382 e. The number of hydrogen-bond donors (Lipinski definition) is 0. The predicted octanol–water partition coefficient (Wildman–Crippen LogP) is 2.52. The van der Waals surface area contributed by atoms with E-state index in [-0.39, 0.29) is 23.0 Å².